The summed E-state index contributed by atoms with van der Waals surface area (Å²) in [6, 6.07) is 15.5. The van der Waals surface area contributed by atoms with Gasteiger partial charge < -0.3 is 5.32 Å². The van der Waals surface area contributed by atoms with E-state index in [1.807, 2.05) is 43.3 Å². The SMILES string of the molecule is Cc1ccccc1C(=O)NCCCCCCN1C(=O)c2ccc3c4c(ccc(c24)C1=O)CC3. The number of aryl methyl sites for hydroxylation is 3. The van der Waals surface area contributed by atoms with Crippen LogP contribution in [0.1, 0.15) is 73.4 Å². The molecule has 3 aromatic carbocycles. The van der Waals surface area contributed by atoms with Crippen molar-refractivity contribution in [1.29, 1.82) is 0 Å². The minimum absolute atomic E-state index is 0.0410. The average molecular weight is 441 g/mol. The highest BCUT2D eigenvalue weighted by atomic mass is 16.2. The van der Waals surface area contributed by atoms with E-state index in [0.29, 0.717) is 29.8 Å². The first kappa shape index (κ1) is 21.4. The Morgan fingerprint density at radius 3 is 2.12 bits per heavy atom. The second kappa shape index (κ2) is 8.81. The summed E-state index contributed by atoms with van der Waals surface area (Å²) in [6.45, 7) is 2.98. The van der Waals surface area contributed by atoms with Gasteiger partial charge in [0.25, 0.3) is 17.7 Å². The van der Waals surface area contributed by atoms with Crippen LogP contribution in [-0.2, 0) is 12.8 Å². The third-order valence-corrected chi connectivity index (χ3v) is 6.93. The Morgan fingerprint density at radius 1 is 0.818 bits per heavy atom. The quantitative estimate of drug-likeness (QED) is 0.403. The maximum Gasteiger partial charge on any atom is 0.261 e. The normalized spacial score (nSPS) is 14.3. The van der Waals surface area contributed by atoms with E-state index < -0.39 is 0 Å². The monoisotopic (exact) mass is 440 g/mol. The smallest absolute Gasteiger partial charge is 0.261 e. The van der Waals surface area contributed by atoms with Gasteiger partial charge in [-0.05, 0) is 72.9 Å². The number of rotatable bonds is 8. The minimum atomic E-state index is -0.173. The molecule has 0 saturated heterocycles. The molecular formula is C28H28N2O3. The molecule has 0 spiro atoms. The molecule has 5 rings (SSSR count). The first-order valence-electron chi connectivity index (χ1n) is 11.8. The van der Waals surface area contributed by atoms with Gasteiger partial charge in [-0.15, -0.1) is 0 Å². The molecule has 0 bridgehead atoms. The van der Waals surface area contributed by atoms with Crippen molar-refractivity contribution in [1.82, 2.24) is 10.2 Å². The molecule has 33 heavy (non-hydrogen) atoms. The summed E-state index contributed by atoms with van der Waals surface area (Å²) in [5.41, 5.74) is 5.49. The van der Waals surface area contributed by atoms with E-state index in [2.05, 4.69) is 17.4 Å². The number of unbranched alkanes of at least 4 members (excludes halogenated alkanes) is 3. The molecule has 2 aliphatic rings. The van der Waals surface area contributed by atoms with Crippen molar-refractivity contribution in [3.05, 3.63) is 81.9 Å². The van der Waals surface area contributed by atoms with Gasteiger partial charge in [-0.2, -0.15) is 0 Å². The van der Waals surface area contributed by atoms with Gasteiger partial charge in [0.2, 0.25) is 0 Å². The molecular weight excluding hydrogens is 412 g/mol. The maximum absolute atomic E-state index is 13.1. The molecule has 1 heterocycles. The van der Waals surface area contributed by atoms with E-state index in [4.69, 9.17) is 0 Å². The molecule has 168 valence electrons. The predicted octanol–water partition coefficient (Wildman–Crippen LogP) is 4.83. The highest BCUT2D eigenvalue weighted by Crippen LogP contribution is 2.38. The molecule has 5 nitrogen and oxygen atoms in total. The van der Waals surface area contributed by atoms with Gasteiger partial charge in [-0.25, -0.2) is 0 Å². The Bertz CT molecular complexity index is 1220. The Hall–Kier alpha value is -3.47. The molecule has 0 fully saturated rings. The largest absolute Gasteiger partial charge is 0.352 e. The maximum atomic E-state index is 13.1. The minimum Gasteiger partial charge on any atom is -0.352 e. The van der Waals surface area contributed by atoms with Gasteiger partial charge in [-0.3, -0.25) is 19.3 Å². The van der Waals surface area contributed by atoms with Crippen LogP contribution >= 0.6 is 0 Å². The van der Waals surface area contributed by atoms with Crippen molar-refractivity contribution >= 4 is 28.5 Å². The van der Waals surface area contributed by atoms with Crippen molar-refractivity contribution in [3.63, 3.8) is 0 Å². The number of nitrogens with zero attached hydrogens (tertiary/aromatic N) is 1. The van der Waals surface area contributed by atoms with Gasteiger partial charge in [-0.1, -0.05) is 43.2 Å². The summed E-state index contributed by atoms with van der Waals surface area (Å²) in [5, 5.41) is 4.96. The molecule has 3 aromatic rings. The average Bonchev–Trinajstić information content (AvgIpc) is 3.25. The number of hydrogen-bond acceptors (Lipinski definition) is 3. The van der Waals surface area contributed by atoms with Gasteiger partial charge in [0.1, 0.15) is 0 Å². The molecule has 0 radical (unpaired) electrons. The zero-order chi connectivity index (χ0) is 22.9. The second-order valence-electron chi connectivity index (χ2n) is 9.04. The van der Waals surface area contributed by atoms with Crippen molar-refractivity contribution in [2.75, 3.05) is 13.1 Å². The van der Waals surface area contributed by atoms with Crippen LogP contribution in [0.25, 0.3) is 10.8 Å². The zero-order valence-corrected chi connectivity index (χ0v) is 18.9. The number of imide groups is 1. The fourth-order valence-electron chi connectivity index (χ4n) is 5.14. The highest BCUT2D eigenvalue weighted by Gasteiger charge is 2.34. The number of amides is 3. The molecule has 0 aromatic heterocycles. The predicted molar refractivity (Wildman–Crippen MR) is 129 cm³/mol. The zero-order valence-electron chi connectivity index (χ0n) is 18.9. The fourth-order valence-corrected chi connectivity index (χ4v) is 5.14. The van der Waals surface area contributed by atoms with Crippen LogP contribution in [0.3, 0.4) is 0 Å². The van der Waals surface area contributed by atoms with E-state index in [-0.39, 0.29) is 17.7 Å². The summed E-state index contributed by atoms with van der Waals surface area (Å²) >= 11 is 0. The summed E-state index contributed by atoms with van der Waals surface area (Å²) in [6.07, 6.45) is 5.42. The Morgan fingerprint density at radius 2 is 1.45 bits per heavy atom. The molecule has 1 aliphatic heterocycles. The molecule has 1 aliphatic carbocycles. The second-order valence-corrected chi connectivity index (χ2v) is 9.04. The summed E-state index contributed by atoms with van der Waals surface area (Å²) in [4.78, 5) is 39.9. The fraction of sp³-hybridized carbons (Fsp3) is 0.321. The number of benzene rings is 3. The summed E-state index contributed by atoms with van der Waals surface area (Å²) in [5.74, 6) is -0.386. The lowest BCUT2D eigenvalue weighted by atomic mass is 9.91. The number of carbonyl (C=O) groups is 3. The summed E-state index contributed by atoms with van der Waals surface area (Å²) < 4.78 is 0. The van der Waals surface area contributed by atoms with Gasteiger partial charge >= 0.3 is 0 Å². The van der Waals surface area contributed by atoms with Crippen molar-refractivity contribution < 1.29 is 14.4 Å². The highest BCUT2D eigenvalue weighted by molar-refractivity contribution is 6.26. The van der Waals surface area contributed by atoms with Crippen LogP contribution < -0.4 is 5.32 Å². The first-order valence-corrected chi connectivity index (χ1v) is 11.8. The van der Waals surface area contributed by atoms with E-state index in [1.165, 1.54) is 16.0 Å². The molecule has 5 heteroatoms. The lowest BCUT2D eigenvalue weighted by molar-refractivity contribution is 0.0607. The lowest BCUT2D eigenvalue weighted by Gasteiger charge is -2.27. The van der Waals surface area contributed by atoms with E-state index in [9.17, 15) is 14.4 Å². The van der Waals surface area contributed by atoms with E-state index in [1.54, 1.807) is 0 Å². The van der Waals surface area contributed by atoms with Crippen LogP contribution in [0.2, 0.25) is 0 Å². The Kier molecular flexibility index (Phi) is 5.71. The van der Waals surface area contributed by atoms with Gasteiger partial charge in [0.15, 0.2) is 0 Å². The van der Waals surface area contributed by atoms with Crippen LogP contribution in [0, 0.1) is 6.92 Å². The lowest BCUT2D eigenvalue weighted by Crippen LogP contribution is -2.41. The summed E-state index contributed by atoms with van der Waals surface area (Å²) in [7, 11) is 0. The van der Waals surface area contributed by atoms with E-state index >= 15 is 0 Å². The Balaban J connectivity index is 1.13. The standard InChI is InChI=1S/C28H28N2O3/c1-18-8-4-5-9-21(18)26(31)29-16-6-2-3-7-17-30-27(32)22-14-12-19-10-11-20-13-15-23(28(30)33)25(22)24(19)20/h4-5,8-9,12-15H,2-3,6-7,10-11,16-17H2,1H3,(H,29,31). The topological polar surface area (TPSA) is 66.5 Å². The molecule has 3 amide bonds. The third-order valence-electron chi connectivity index (χ3n) is 6.93. The first-order chi connectivity index (χ1) is 16.1. The van der Waals surface area contributed by atoms with Crippen LogP contribution in [0.4, 0.5) is 0 Å². The van der Waals surface area contributed by atoms with Gasteiger partial charge in [0.05, 0.1) is 0 Å². The number of hydrogen-bond donors (Lipinski definition) is 1. The van der Waals surface area contributed by atoms with Crippen LogP contribution in [0.15, 0.2) is 48.5 Å². The van der Waals surface area contributed by atoms with Crippen molar-refractivity contribution in [2.45, 2.75) is 45.4 Å². The van der Waals surface area contributed by atoms with Crippen LogP contribution in [-0.4, -0.2) is 35.7 Å². The third kappa shape index (κ3) is 3.82. The Labute approximate surface area is 193 Å². The molecule has 0 atom stereocenters. The van der Waals surface area contributed by atoms with Crippen molar-refractivity contribution in [2.24, 2.45) is 0 Å². The van der Waals surface area contributed by atoms with Crippen LogP contribution in [0.5, 0.6) is 0 Å². The van der Waals surface area contributed by atoms with Gasteiger partial charge in [0, 0.05) is 35.2 Å². The number of nitrogens with one attached hydrogen (secondary N) is 1. The molecule has 0 unspecified atom stereocenters. The van der Waals surface area contributed by atoms with E-state index in [0.717, 1.165) is 54.9 Å². The molecule has 0 saturated carbocycles. The van der Waals surface area contributed by atoms with Crippen molar-refractivity contribution in [3.8, 4) is 0 Å². The molecule has 1 N–H and O–H groups in total. The number of carbonyl (C=O) groups excluding carboxylic acids is 3.